The van der Waals surface area contributed by atoms with Crippen LogP contribution in [-0.4, -0.2) is 19.2 Å². The monoisotopic (exact) mass is 308 g/mol. The Kier molecular flexibility index (Phi) is 4.44. The number of benzene rings is 1. The standard InChI is InChI=1S/C14H13FN2O3S/c1-10(18)12-2-3-13(15)14(8-12)21(19,20)17-9-11-4-6-16-7-5-11/h2-8,17H,9H2,1H3. The van der Waals surface area contributed by atoms with Crippen molar-refractivity contribution in [3.63, 3.8) is 0 Å². The maximum atomic E-state index is 13.7. The molecule has 0 fully saturated rings. The normalized spacial score (nSPS) is 11.3. The van der Waals surface area contributed by atoms with E-state index in [1.54, 1.807) is 12.1 Å². The van der Waals surface area contributed by atoms with E-state index < -0.39 is 20.7 Å². The lowest BCUT2D eigenvalue weighted by atomic mass is 10.1. The number of hydrogen-bond donors (Lipinski definition) is 1. The highest BCUT2D eigenvalue weighted by Crippen LogP contribution is 2.17. The zero-order valence-electron chi connectivity index (χ0n) is 11.2. The topological polar surface area (TPSA) is 76.1 Å². The molecule has 0 aliphatic heterocycles. The zero-order chi connectivity index (χ0) is 15.5. The highest BCUT2D eigenvalue weighted by Gasteiger charge is 2.20. The molecule has 0 aliphatic carbocycles. The number of pyridine rings is 1. The summed E-state index contributed by atoms with van der Waals surface area (Å²) in [4.78, 5) is 14.6. The second-order valence-electron chi connectivity index (χ2n) is 4.38. The summed E-state index contributed by atoms with van der Waals surface area (Å²) < 4.78 is 40.3. The number of ketones is 1. The Morgan fingerprint density at radius 2 is 1.90 bits per heavy atom. The van der Waals surface area contributed by atoms with Gasteiger partial charge >= 0.3 is 0 Å². The largest absolute Gasteiger partial charge is 0.295 e. The molecule has 2 aromatic rings. The van der Waals surface area contributed by atoms with Gasteiger partial charge in [0.1, 0.15) is 10.7 Å². The Hall–Kier alpha value is -2.12. The first-order valence-electron chi connectivity index (χ1n) is 6.09. The lowest BCUT2D eigenvalue weighted by Gasteiger charge is -2.08. The third-order valence-corrected chi connectivity index (χ3v) is 4.26. The summed E-state index contributed by atoms with van der Waals surface area (Å²) in [7, 11) is -4.04. The van der Waals surface area contributed by atoms with Crippen molar-refractivity contribution >= 4 is 15.8 Å². The molecule has 1 aromatic carbocycles. The van der Waals surface area contributed by atoms with Crippen molar-refractivity contribution in [3.8, 4) is 0 Å². The summed E-state index contributed by atoms with van der Waals surface area (Å²) in [6.45, 7) is 1.29. The number of halogens is 1. The van der Waals surface area contributed by atoms with Crippen LogP contribution in [0.25, 0.3) is 0 Å². The van der Waals surface area contributed by atoms with Gasteiger partial charge in [0.05, 0.1) is 0 Å². The summed E-state index contributed by atoms with van der Waals surface area (Å²) in [5.41, 5.74) is 0.831. The second-order valence-corrected chi connectivity index (χ2v) is 6.12. The van der Waals surface area contributed by atoms with Gasteiger partial charge in [0.15, 0.2) is 5.78 Å². The molecule has 7 heteroatoms. The van der Waals surface area contributed by atoms with E-state index in [1.165, 1.54) is 25.4 Å². The number of nitrogens with zero attached hydrogens (tertiary/aromatic N) is 1. The Bertz CT molecular complexity index is 761. The van der Waals surface area contributed by atoms with Gasteiger partial charge in [-0.15, -0.1) is 0 Å². The van der Waals surface area contributed by atoms with Crippen molar-refractivity contribution in [1.29, 1.82) is 0 Å². The number of sulfonamides is 1. The van der Waals surface area contributed by atoms with Gasteiger partial charge in [-0.05, 0) is 42.8 Å². The van der Waals surface area contributed by atoms with Gasteiger partial charge in [-0.25, -0.2) is 17.5 Å². The maximum Gasteiger partial charge on any atom is 0.243 e. The lowest BCUT2D eigenvalue weighted by molar-refractivity contribution is 0.101. The molecule has 5 nitrogen and oxygen atoms in total. The minimum absolute atomic E-state index is 0.00852. The lowest BCUT2D eigenvalue weighted by Crippen LogP contribution is -2.24. The molecule has 0 bridgehead atoms. The highest BCUT2D eigenvalue weighted by molar-refractivity contribution is 7.89. The zero-order valence-corrected chi connectivity index (χ0v) is 12.0. The molecule has 1 heterocycles. The van der Waals surface area contributed by atoms with Crippen molar-refractivity contribution in [2.24, 2.45) is 0 Å². The van der Waals surface area contributed by atoms with Crippen LogP contribution in [0.5, 0.6) is 0 Å². The minimum Gasteiger partial charge on any atom is -0.295 e. The van der Waals surface area contributed by atoms with Gasteiger partial charge in [-0.2, -0.15) is 0 Å². The molecule has 0 radical (unpaired) electrons. The molecule has 0 amide bonds. The predicted octanol–water partition coefficient (Wildman–Crippen LogP) is 1.90. The van der Waals surface area contributed by atoms with E-state index in [9.17, 15) is 17.6 Å². The third kappa shape index (κ3) is 3.71. The van der Waals surface area contributed by atoms with E-state index in [0.29, 0.717) is 5.56 Å². The van der Waals surface area contributed by atoms with Crippen LogP contribution in [0, 0.1) is 5.82 Å². The van der Waals surface area contributed by atoms with Crippen LogP contribution in [0.15, 0.2) is 47.6 Å². The fraction of sp³-hybridized carbons (Fsp3) is 0.143. The van der Waals surface area contributed by atoms with Crippen LogP contribution >= 0.6 is 0 Å². The highest BCUT2D eigenvalue weighted by atomic mass is 32.2. The van der Waals surface area contributed by atoms with Gasteiger partial charge < -0.3 is 0 Å². The van der Waals surface area contributed by atoms with Crippen LogP contribution in [0.2, 0.25) is 0 Å². The Balaban J connectivity index is 2.27. The number of aromatic nitrogens is 1. The van der Waals surface area contributed by atoms with Crippen molar-refractivity contribution in [3.05, 3.63) is 59.7 Å². The number of hydrogen-bond acceptors (Lipinski definition) is 4. The molecule has 21 heavy (non-hydrogen) atoms. The van der Waals surface area contributed by atoms with Crippen molar-refractivity contribution in [1.82, 2.24) is 9.71 Å². The molecule has 0 saturated carbocycles. The molecular weight excluding hydrogens is 295 g/mol. The molecule has 1 aromatic heterocycles. The van der Waals surface area contributed by atoms with Crippen LogP contribution in [0.3, 0.4) is 0 Å². The molecule has 0 spiro atoms. The summed E-state index contributed by atoms with van der Waals surface area (Å²) in [6, 6.07) is 6.54. The fourth-order valence-electron chi connectivity index (χ4n) is 1.69. The summed E-state index contributed by atoms with van der Waals surface area (Å²) in [5, 5.41) is 0. The van der Waals surface area contributed by atoms with Crippen LogP contribution in [0.4, 0.5) is 4.39 Å². The molecular formula is C14H13FN2O3S. The van der Waals surface area contributed by atoms with Crippen molar-refractivity contribution in [2.45, 2.75) is 18.4 Å². The number of rotatable bonds is 5. The first-order valence-corrected chi connectivity index (χ1v) is 7.57. The molecule has 1 N–H and O–H groups in total. The molecule has 0 saturated heterocycles. The molecule has 110 valence electrons. The minimum atomic E-state index is -4.04. The van der Waals surface area contributed by atoms with Crippen LogP contribution < -0.4 is 4.72 Å². The Morgan fingerprint density at radius 1 is 1.24 bits per heavy atom. The first kappa shape index (κ1) is 15.3. The fourth-order valence-corrected chi connectivity index (χ4v) is 2.80. The molecule has 0 aliphatic rings. The van der Waals surface area contributed by atoms with Crippen molar-refractivity contribution < 1.29 is 17.6 Å². The second kappa shape index (κ2) is 6.11. The maximum absolute atomic E-state index is 13.7. The average Bonchev–Trinajstić information content (AvgIpc) is 2.46. The SMILES string of the molecule is CC(=O)c1ccc(F)c(S(=O)(=O)NCc2ccncc2)c1. The van der Waals surface area contributed by atoms with E-state index in [1.807, 2.05) is 0 Å². The van der Waals surface area contributed by atoms with Gasteiger partial charge in [-0.1, -0.05) is 0 Å². The van der Waals surface area contributed by atoms with Gasteiger partial charge in [0.25, 0.3) is 0 Å². The van der Waals surface area contributed by atoms with Gasteiger partial charge in [-0.3, -0.25) is 9.78 Å². The number of carbonyl (C=O) groups excluding carboxylic acids is 1. The van der Waals surface area contributed by atoms with Gasteiger partial charge in [0.2, 0.25) is 10.0 Å². The van der Waals surface area contributed by atoms with E-state index in [0.717, 1.165) is 12.1 Å². The number of nitrogens with one attached hydrogen (secondary N) is 1. The van der Waals surface area contributed by atoms with Crippen LogP contribution in [-0.2, 0) is 16.6 Å². The Morgan fingerprint density at radius 3 is 2.52 bits per heavy atom. The molecule has 0 unspecified atom stereocenters. The average molecular weight is 308 g/mol. The first-order chi connectivity index (χ1) is 9.90. The van der Waals surface area contributed by atoms with E-state index >= 15 is 0 Å². The number of Topliss-reactive ketones (excluding diaryl/α,β-unsaturated/α-hetero) is 1. The summed E-state index contributed by atoms with van der Waals surface area (Å²) in [6.07, 6.45) is 3.06. The van der Waals surface area contributed by atoms with E-state index in [-0.39, 0.29) is 17.9 Å². The van der Waals surface area contributed by atoms with Gasteiger partial charge in [0, 0.05) is 24.5 Å². The summed E-state index contributed by atoms with van der Waals surface area (Å²) >= 11 is 0. The van der Waals surface area contributed by atoms with E-state index in [2.05, 4.69) is 9.71 Å². The molecule has 0 atom stereocenters. The van der Waals surface area contributed by atoms with Crippen LogP contribution in [0.1, 0.15) is 22.8 Å². The molecule has 2 rings (SSSR count). The van der Waals surface area contributed by atoms with Crippen molar-refractivity contribution in [2.75, 3.05) is 0 Å². The third-order valence-electron chi connectivity index (χ3n) is 2.84. The predicted molar refractivity (Wildman–Crippen MR) is 74.7 cm³/mol. The quantitative estimate of drug-likeness (QED) is 0.856. The van der Waals surface area contributed by atoms with E-state index in [4.69, 9.17) is 0 Å². The smallest absolute Gasteiger partial charge is 0.243 e. The number of carbonyl (C=O) groups is 1. The Labute approximate surface area is 121 Å². The summed E-state index contributed by atoms with van der Waals surface area (Å²) in [5.74, 6) is -1.23.